The Kier molecular flexibility index (Phi) is 3.87. The van der Waals surface area contributed by atoms with Crippen LogP contribution < -0.4 is 5.32 Å². The fourth-order valence-corrected chi connectivity index (χ4v) is 0.520. The van der Waals surface area contributed by atoms with Gasteiger partial charge in [0.05, 0.1) is 0 Å². The maximum atomic E-state index is 11.5. The molecule has 0 rings (SSSR count). The number of halogens is 2. The molecular weight excluding hydrogens is 144 g/mol. The fourth-order valence-electron chi connectivity index (χ4n) is 0.520. The van der Waals surface area contributed by atoms with Gasteiger partial charge in [0, 0.05) is 6.42 Å². The molecule has 1 atom stereocenters. The number of hydrogen-bond donors (Lipinski definition) is 2. The van der Waals surface area contributed by atoms with E-state index in [0.717, 1.165) is 0 Å². The molecule has 10 heavy (non-hydrogen) atoms. The van der Waals surface area contributed by atoms with Crippen molar-refractivity contribution in [2.75, 3.05) is 7.05 Å². The van der Waals surface area contributed by atoms with Crippen LogP contribution in [0.4, 0.5) is 8.78 Å². The molecule has 1 unspecified atom stereocenters. The number of carbonyl (C=O) groups is 1. The second-order valence-electron chi connectivity index (χ2n) is 1.81. The third-order valence-corrected chi connectivity index (χ3v) is 1.06. The third kappa shape index (κ3) is 3.34. The minimum absolute atomic E-state index is 0.647. The van der Waals surface area contributed by atoms with E-state index in [1.54, 1.807) is 0 Å². The number of nitrogens with one attached hydrogen (secondary N) is 1. The van der Waals surface area contributed by atoms with Gasteiger partial charge in [-0.3, -0.25) is 4.79 Å². The van der Waals surface area contributed by atoms with Crippen LogP contribution >= 0.6 is 0 Å². The molecule has 0 aliphatic carbocycles. The predicted octanol–water partition coefficient (Wildman–Crippen LogP) is 0.314. The van der Waals surface area contributed by atoms with Crippen molar-refractivity contribution < 1.29 is 18.7 Å². The standard InChI is InChI=1S/C5H9F2NO2/c1-8-3(5(9)10)2-4(6)7/h3-4,8H,2H2,1H3,(H,9,10). The molecule has 0 bridgehead atoms. The molecular formula is C5H9F2NO2. The summed E-state index contributed by atoms with van der Waals surface area (Å²) in [5.74, 6) is -1.25. The van der Waals surface area contributed by atoms with Crippen LogP contribution in [0.5, 0.6) is 0 Å². The Morgan fingerprint density at radius 1 is 1.70 bits per heavy atom. The maximum Gasteiger partial charge on any atom is 0.320 e. The average Bonchev–Trinajstić information content (AvgIpc) is 1.81. The molecule has 60 valence electrons. The lowest BCUT2D eigenvalue weighted by Gasteiger charge is -2.08. The second-order valence-corrected chi connectivity index (χ2v) is 1.81. The number of carboxylic acids is 1. The lowest BCUT2D eigenvalue weighted by atomic mass is 10.2. The van der Waals surface area contributed by atoms with Crippen LogP contribution in [0.3, 0.4) is 0 Å². The summed E-state index contributed by atoms with van der Waals surface area (Å²) < 4.78 is 23.1. The van der Waals surface area contributed by atoms with Gasteiger partial charge in [-0.25, -0.2) is 8.78 Å². The van der Waals surface area contributed by atoms with E-state index in [1.165, 1.54) is 7.05 Å². The number of carboxylic acid groups (broad SMARTS) is 1. The SMILES string of the molecule is CNC(CC(F)F)C(=O)O. The van der Waals surface area contributed by atoms with Crippen molar-refractivity contribution in [3.63, 3.8) is 0 Å². The minimum atomic E-state index is -2.58. The predicted molar refractivity (Wildman–Crippen MR) is 31.1 cm³/mol. The van der Waals surface area contributed by atoms with Gasteiger partial charge in [0.25, 0.3) is 0 Å². The van der Waals surface area contributed by atoms with E-state index in [-0.39, 0.29) is 0 Å². The third-order valence-electron chi connectivity index (χ3n) is 1.06. The van der Waals surface area contributed by atoms with Gasteiger partial charge in [0.2, 0.25) is 6.43 Å². The van der Waals surface area contributed by atoms with Crippen LogP contribution in [-0.2, 0) is 4.79 Å². The number of rotatable bonds is 4. The Hall–Kier alpha value is -0.710. The summed E-state index contributed by atoms with van der Waals surface area (Å²) >= 11 is 0. The van der Waals surface area contributed by atoms with Crippen LogP contribution in [0.25, 0.3) is 0 Å². The topological polar surface area (TPSA) is 49.3 Å². The van der Waals surface area contributed by atoms with Gasteiger partial charge in [0.1, 0.15) is 6.04 Å². The largest absolute Gasteiger partial charge is 0.480 e. The minimum Gasteiger partial charge on any atom is -0.480 e. The lowest BCUT2D eigenvalue weighted by Crippen LogP contribution is -2.35. The first-order chi connectivity index (χ1) is 4.57. The summed E-state index contributed by atoms with van der Waals surface area (Å²) in [7, 11) is 1.33. The Morgan fingerprint density at radius 3 is 2.30 bits per heavy atom. The van der Waals surface area contributed by atoms with Crippen molar-refractivity contribution in [3.8, 4) is 0 Å². The molecule has 0 radical (unpaired) electrons. The first-order valence-electron chi connectivity index (χ1n) is 2.76. The zero-order valence-corrected chi connectivity index (χ0v) is 5.47. The molecule has 0 aromatic carbocycles. The zero-order valence-electron chi connectivity index (χ0n) is 5.47. The van der Waals surface area contributed by atoms with E-state index >= 15 is 0 Å². The van der Waals surface area contributed by atoms with E-state index in [4.69, 9.17) is 5.11 Å². The van der Waals surface area contributed by atoms with E-state index in [9.17, 15) is 13.6 Å². The number of alkyl halides is 2. The highest BCUT2D eigenvalue weighted by Crippen LogP contribution is 2.02. The molecule has 3 nitrogen and oxygen atoms in total. The number of likely N-dealkylation sites (N-methyl/N-ethyl adjacent to an activating group) is 1. The van der Waals surface area contributed by atoms with Crippen LogP contribution in [0, 0.1) is 0 Å². The Bertz CT molecular complexity index is 118. The number of hydrogen-bond acceptors (Lipinski definition) is 2. The van der Waals surface area contributed by atoms with Crippen molar-refractivity contribution >= 4 is 5.97 Å². The average molecular weight is 153 g/mol. The quantitative estimate of drug-likeness (QED) is 0.611. The van der Waals surface area contributed by atoms with Gasteiger partial charge in [-0.15, -0.1) is 0 Å². The molecule has 0 fully saturated rings. The Balaban J connectivity index is 3.72. The van der Waals surface area contributed by atoms with E-state index in [2.05, 4.69) is 5.32 Å². The smallest absolute Gasteiger partial charge is 0.320 e. The molecule has 0 amide bonds. The highest BCUT2D eigenvalue weighted by Gasteiger charge is 2.19. The van der Waals surface area contributed by atoms with Crippen molar-refractivity contribution in [1.29, 1.82) is 0 Å². The van der Waals surface area contributed by atoms with Crippen molar-refractivity contribution in [3.05, 3.63) is 0 Å². The van der Waals surface area contributed by atoms with E-state index < -0.39 is 24.9 Å². The molecule has 0 saturated heterocycles. The molecule has 0 aromatic heterocycles. The maximum absolute atomic E-state index is 11.5. The van der Waals surface area contributed by atoms with Gasteiger partial charge >= 0.3 is 5.97 Å². The molecule has 5 heteroatoms. The van der Waals surface area contributed by atoms with Crippen LogP contribution in [-0.4, -0.2) is 30.6 Å². The van der Waals surface area contributed by atoms with Crippen molar-refractivity contribution in [1.82, 2.24) is 5.32 Å². The fraction of sp³-hybridized carbons (Fsp3) is 0.800. The van der Waals surface area contributed by atoms with Gasteiger partial charge in [-0.05, 0) is 7.05 Å². The highest BCUT2D eigenvalue weighted by molar-refractivity contribution is 5.73. The molecule has 0 heterocycles. The lowest BCUT2D eigenvalue weighted by molar-refractivity contribution is -0.140. The van der Waals surface area contributed by atoms with Crippen LogP contribution in [0.1, 0.15) is 6.42 Å². The van der Waals surface area contributed by atoms with Crippen molar-refractivity contribution in [2.24, 2.45) is 0 Å². The molecule has 2 N–H and O–H groups in total. The summed E-state index contributed by atoms with van der Waals surface area (Å²) in [6.45, 7) is 0. The summed E-state index contributed by atoms with van der Waals surface area (Å²) in [5.41, 5.74) is 0. The van der Waals surface area contributed by atoms with Crippen LogP contribution in [0.2, 0.25) is 0 Å². The van der Waals surface area contributed by atoms with Gasteiger partial charge in [0.15, 0.2) is 0 Å². The Morgan fingerprint density at radius 2 is 2.20 bits per heavy atom. The molecule has 0 saturated carbocycles. The monoisotopic (exact) mass is 153 g/mol. The first kappa shape index (κ1) is 9.29. The number of aliphatic carboxylic acids is 1. The van der Waals surface area contributed by atoms with Crippen molar-refractivity contribution in [2.45, 2.75) is 18.9 Å². The second kappa shape index (κ2) is 4.16. The summed E-state index contributed by atoms with van der Waals surface area (Å²) in [4.78, 5) is 10.1. The van der Waals surface area contributed by atoms with Crippen LogP contribution in [0.15, 0.2) is 0 Å². The molecule has 0 aliphatic rings. The summed E-state index contributed by atoms with van der Waals surface area (Å²) in [6, 6.07) is -1.14. The normalized spacial score (nSPS) is 13.6. The zero-order chi connectivity index (χ0) is 8.15. The molecule has 0 spiro atoms. The van der Waals surface area contributed by atoms with Gasteiger partial charge < -0.3 is 10.4 Å². The highest BCUT2D eigenvalue weighted by atomic mass is 19.3. The summed E-state index contributed by atoms with van der Waals surface area (Å²) in [6.07, 6.45) is -3.22. The summed E-state index contributed by atoms with van der Waals surface area (Å²) in [5, 5.41) is 10.5. The molecule has 0 aromatic rings. The van der Waals surface area contributed by atoms with Gasteiger partial charge in [-0.1, -0.05) is 0 Å². The van der Waals surface area contributed by atoms with E-state index in [1.807, 2.05) is 0 Å². The van der Waals surface area contributed by atoms with Gasteiger partial charge in [-0.2, -0.15) is 0 Å². The first-order valence-corrected chi connectivity index (χ1v) is 2.76. The molecule has 0 aliphatic heterocycles. The Labute approximate surface area is 57.0 Å². The van der Waals surface area contributed by atoms with E-state index in [0.29, 0.717) is 0 Å².